The molecule has 0 unspecified atom stereocenters. The molecule has 0 aliphatic carbocycles. The Balaban J connectivity index is -0.0000000300. The summed E-state index contributed by atoms with van der Waals surface area (Å²) in [4.78, 5) is 0. The van der Waals surface area contributed by atoms with Crippen molar-refractivity contribution in [3.05, 3.63) is 0 Å². The molecule has 0 spiro atoms. The monoisotopic (exact) mass is 312 g/mol. The van der Waals surface area contributed by atoms with Gasteiger partial charge in [-0.25, -0.2) is 0 Å². The second-order valence-electron chi connectivity index (χ2n) is 0.506. The first-order valence-corrected chi connectivity index (χ1v) is 6.05. The zero-order chi connectivity index (χ0) is 7.15. The predicted octanol–water partition coefficient (Wildman–Crippen LogP) is -11.4. The molecule has 0 aromatic heterocycles. The average molecular weight is 312 g/mol. The summed E-state index contributed by atoms with van der Waals surface area (Å²) >= 11 is -6.88. The fraction of sp³-hybridized carbons (Fsp3) is 0. The van der Waals surface area contributed by atoms with E-state index in [-0.39, 0.29) is 80.9 Å². The van der Waals surface area contributed by atoms with E-state index in [1.54, 1.807) is 0 Å². The normalized spacial score (nSPS) is 7.20. The number of rotatable bonds is 0. The molecule has 0 rings (SSSR count). The maximum atomic E-state index is 8.67. The molecule has 4 N–H and O–H groups in total. The van der Waals surface area contributed by atoms with Gasteiger partial charge < -0.3 is 0 Å². The fourth-order valence-electron chi connectivity index (χ4n) is 0. The van der Waals surface area contributed by atoms with Crippen molar-refractivity contribution < 1.29 is 106 Å². The SMILES string of the molecule is O[As](O)O.[K+].[Na+].[O-][As]([O-])O. The van der Waals surface area contributed by atoms with Crippen LogP contribution in [0.5, 0.6) is 0 Å². The van der Waals surface area contributed by atoms with E-state index in [9.17, 15) is 0 Å². The molecule has 0 aliphatic rings. The molecular formula is H4As2KNaO6. The number of hydrogen-bond acceptors (Lipinski definition) is 6. The van der Waals surface area contributed by atoms with Crippen molar-refractivity contribution in [2.45, 2.75) is 0 Å². The molecule has 0 aromatic rings. The van der Waals surface area contributed by atoms with Gasteiger partial charge in [0.2, 0.25) is 0 Å². The van der Waals surface area contributed by atoms with Crippen LogP contribution in [0.25, 0.3) is 0 Å². The molecule has 10 heteroatoms. The van der Waals surface area contributed by atoms with Crippen LogP contribution in [0.3, 0.4) is 0 Å². The molecule has 10 heavy (non-hydrogen) atoms. The van der Waals surface area contributed by atoms with Gasteiger partial charge in [-0.3, -0.25) is 0 Å². The van der Waals surface area contributed by atoms with Crippen molar-refractivity contribution in [1.82, 2.24) is 0 Å². The van der Waals surface area contributed by atoms with Crippen LogP contribution in [-0.2, 0) is 0 Å². The van der Waals surface area contributed by atoms with Gasteiger partial charge in [0.05, 0.1) is 0 Å². The van der Waals surface area contributed by atoms with Crippen LogP contribution < -0.4 is 89.1 Å². The summed E-state index contributed by atoms with van der Waals surface area (Å²) in [6.45, 7) is 0. The van der Waals surface area contributed by atoms with Gasteiger partial charge in [0.25, 0.3) is 0 Å². The molecular weight excluding hydrogens is 308 g/mol. The molecule has 0 aliphatic heterocycles. The second-order valence-corrected chi connectivity index (χ2v) is 2.63. The van der Waals surface area contributed by atoms with Crippen molar-refractivity contribution in [1.29, 1.82) is 0 Å². The first kappa shape index (κ1) is 23.4. The zero-order valence-corrected chi connectivity index (χ0v) is 14.4. The van der Waals surface area contributed by atoms with Gasteiger partial charge in [0.15, 0.2) is 0 Å². The van der Waals surface area contributed by atoms with Gasteiger partial charge in [-0.2, -0.15) is 0 Å². The van der Waals surface area contributed by atoms with Crippen LogP contribution in [0.4, 0.5) is 0 Å². The van der Waals surface area contributed by atoms with E-state index in [1.165, 1.54) is 0 Å². The van der Waals surface area contributed by atoms with E-state index in [0.29, 0.717) is 0 Å². The Morgan fingerprint density at radius 1 is 0.900 bits per heavy atom. The van der Waals surface area contributed by atoms with E-state index >= 15 is 0 Å². The van der Waals surface area contributed by atoms with Gasteiger partial charge in [0.1, 0.15) is 0 Å². The third-order valence-corrected chi connectivity index (χ3v) is 0. The standard InChI is InChI=1S/AsH3O3.AsHO3.K.Na/c2*2-1(3)4;;/h2-4H;2H;;/q;-2;2*+1. The summed E-state index contributed by atoms with van der Waals surface area (Å²) in [5, 5.41) is 0. The predicted molar refractivity (Wildman–Crippen MR) is 20.4 cm³/mol. The van der Waals surface area contributed by atoms with Crippen LogP contribution in [-0.4, -0.2) is 47.7 Å². The Labute approximate surface area is 134 Å². The summed E-state index contributed by atoms with van der Waals surface area (Å²) in [7, 11) is 0. The summed E-state index contributed by atoms with van der Waals surface area (Å²) in [5.74, 6) is 0. The van der Waals surface area contributed by atoms with Gasteiger partial charge in [0, 0.05) is 0 Å². The first-order valence-electron chi connectivity index (χ1n) is 1.17. The van der Waals surface area contributed by atoms with Crippen LogP contribution in [0, 0.1) is 0 Å². The minimum atomic E-state index is -3.69. The molecule has 0 bridgehead atoms. The average Bonchev–Trinajstić information content (AvgIpc) is 1.25. The molecule has 0 amide bonds. The third kappa shape index (κ3) is 103. The van der Waals surface area contributed by atoms with Crippen LogP contribution in [0.2, 0.25) is 0 Å². The van der Waals surface area contributed by atoms with Gasteiger partial charge >= 0.3 is 137 Å². The van der Waals surface area contributed by atoms with Crippen molar-refractivity contribution in [2.75, 3.05) is 0 Å². The maximum absolute atomic E-state index is 8.67. The topological polar surface area (TPSA) is 127 Å². The summed E-state index contributed by atoms with van der Waals surface area (Å²) in [6.07, 6.45) is 0. The molecule has 0 fully saturated rings. The summed E-state index contributed by atoms with van der Waals surface area (Å²) in [5.41, 5.74) is 0. The van der Waals surface area contributed by atoms with E-state index in [1.807, 2.05) is 0 Å². The Morgan fingerprint density at radius 3 is 0.900 bits per heavy atom. The Kier molecular flexibility index (Phi) is 42.8. The van der Waals surface area contributed by atoms with Crippen molar-refractivity contribution in [3.63, 3.8) is 0 Å². The van der Waals surface area contributed by atoms with Crippen molar-refractivity contribution >= 4 is 31.4 Å². The Bertz CT molecular complexity index is 31.2. The van der Waals surface area contributed by atoms with Crippen LogP contribution in [0.1, 0.15) is 0 Å². The van der Waals surface area contributed by atoms with Crippen LogP contribution >= 0.6 is 0 Å². The van der Waals surface area contributed by atoms with Gasteiger partial charge in [-0.15, -0.1) is 0 Å². The first-order chi connectivity index (χ1) is 3.46. The third-order valence-electron chi connectivity index (χ3n) is 0. The van der Waals surface area contributed by atoms with E-state index in [4.69, 9.17) is 24.6 Å². The Morgan fingerprint density at radius 2 is 0.900 bits per heavy atom. The molecule has 0 heterocycles. The quantitative estimate of drug-likeness (QED) is 0.329. The second kappa shape index (κ2) is 18.3. The van der Waals surface area contributed by atoms with Crippen molar-refractivity contribution in [3.8, 4) is 0 Å². The molecule has 0 saturated heterocycles. The fourth-order valence-corrected chi connectivity index (χ4v) is 0. The van der Waals surface area contributed by atoms with E-state index in [2.05, 4.69) is 0 Å². The molecule has 52 valence electrons. The molecule has 0 aromatic carbocycles. The summed E-state index contributed by atoms with van der Waals surface area (Å²) < 4.78 is 46.4. The van der Waals surface area contributed by atoms with E-state index in [0.717, 1.165) is 0 Å². The zero-order valence-electron chi connectivity index (χ0n) is 5.50. The molecule has 0 saturated carbocycles. The van der Waals surface area contributed by atoms with E-state index < -0.39 is 31.4 Å². The summed E-state index contributed by atoms with van der Waals surface area (Å²) in [6, 6.07) is 0. The minimum absolute atomic E-state index is 0. The van der Waals surface area contributed by atoms with Gasteiger partial charge in [-0.05, 0) is 0 Å². The number of hydrogen-bond donors (Lipinski definition) is 4. The molecule has 6 nitrogen and oxygen atoms in total. The van der Waals surface area contributed by atoms with Gasteiger partial charge in [-0.1, -0.05) is 0 Å². The van der Waals surface area contributed by atoms with Crippen LogP contribution in [0.15, 0.2) is 0 Å². The molecule has 0 radical (unpaired) electrons. The van der Waals surface area contributed by atoms with Crippen molar-refractivity contribution in [2.24, 2.45) is 0 Å². The Hall–Kier alpha value is 3.51. The molecule has 0 atom stereocenters.